The molecule has 0 aliphatic carbocycles. The Morgan fingerprint density at radius 1 is 1.30 bits per heavy atom. The van der Waals surface area contributed by atoms with Gasteiger partial charge in [-0.25, -0.2) is 4.68 Å². The van der Waals surface area contributed by atoms with Gasteiger partial charge in [0.25, 0.3) is 0 Å². The molecule has 2 aromatic rings. The van der Waals surface area contributed by atoms with Crippen LogP contribution in [0.2, 0.25) is 0 Å². The molecule has 0 radical (unpaired) electrons. The zero-order chi connectivity index (χ0) is 26.3. The van der Waals surface area contributed by atoms with Crippen molar-refractivity contribution in [2.24, 2.45) is 11.8 Å². The van der Waals surface area contributed by atoms with E-state index in [1.54, 1.807) is 15.7 Å². The van der Waals surface area contributed by atoms with Crippen molar-refractivity contribution < 1.29 is 29.3 Å². The first kappa shape index (κ1) is 25.8. The van der Waals surface area contributed by atoms with Gasteiger partial charge in [-0.15, -0.1) is 11.7 Å². The molecule has 3 unspecified atom stereocenters. The van der Waals surface area contributed by atoms with Crippen LogP contribution < -0.4 is 0 Å². The van der Waals surface area contributed by atoms with Crippen LogP contribution in [-0.2, 0) is 25.8 Å². The van der Waals surface area contributed by atoms with E-state index < -0.39 is 35.6 Å². The molecule has 0 saturated carbocycles. The second kappa shape index (κ2) is 10.1. The minimum atomic E-state index is -1.24. The molecule has 2 N–H and O–H groups in total. The number of carboxylic acids is 1. The lowest BCUT2D eigenvalue weighted by molar-refractivity contribution is -0.151. The number of aromatic nitrogens is 3. The average molecular weight is 576 g/mol. The Bertz CT molecular complexity index is 1220. The Hall–Kier alpha value is -2.83. The number of unbranched alkanes of at least 4 members (excludes halogenated alkanes) is 2. The van der Waals surface area contributed by atoms with Crippen LogP contribution in [0.25, 0.3) is 11.0 Å². The standard InChI is InChI=1S/C25H30BrN5O6/c1-2-10-29(14-31-17-9-5-4-8-16(17)27-28-31)23(34)21-25-13-15(26)20(37-25)18(24(35)36)19(25)22(33)30(21)11-6-3-7-12-32/h2,4-5,8-9,15,18-21,32H,1,3,6-7,10-14H2,(H,35,36)/t15?,18-,19-,20-,21?,25?/m0/s1. The van der Waals surface area contributed by atoms with Crippen molar-refractivity contribution in [3.63, 3.8) is 0 Å². The van der Waals surface area contributed by atoms with Crippen LogP contribution in [0.1, 0.15) is 25.7 Å². The lowest BCUT2D eigenvalue weighted by Crippen LogP contribution is -2.57. The zero-order valence-corrected chi connectivity index (χ0v) is 21.9. The third-order valence-electron chi connectivity index (χ3n) is 7.75. The van der Waals surface area contributed by atoms with Gasteiger partial charge in [0.2, 0.25) is 11.8 Å². The summed E-state index contributed by atoms with van der Waals surface area (Å²) in [6.45, 7) is 4.40. The predicted molar refractivity (Wildman–Crippen MR) is 135 cm³/mol. The van der Waals surface area contributed by atoms with Crippen molar-refractivity contribution in [2.75, 3.05) is 19.7 Å². The highest BCUT2D eigenvalue weighted by Crippen LogP contribution is 2.60. The molecular formula is C25H30BrN5O6. The lowest BCUT2D eigenvalue weighted by Gasteiger charge is -2.37. The summed E-state index contributed by atoms with van der Waals surface area (Å²) in [5.74, 6) is -3.77. The highest BCUT2D eigenvalue weighted by molar-refractivity contribution is 9.09. The number of amides is 2. The second-order valence-electron chi connectivity index (χ2n) is 9.89. The molecule has 198 valence electrons. The normalized spacial score (nSPS) is 30.2. The Morgan fingerprint density at radius 3 is 2.81 bits per heavy atom. The van der Waals surface area contributed by atoms with Gasteiger partial charge in [-0.3, -0.25) is 14.4 Å². The first-order chi connectivity index (χ1) is 17.8. The van der Waals surface area contributed by atoms with E-state index in [1.165, 1.54) is 4.90 Å². The number of halogens is 1. The summed E-state index contributed by atoms with van der Waals surface area (Å²) in [6.07, 6.45) is 3.10. The van der Waals surface area contributed by atoms with Gasteiger partial charge in [0.1, 0.15) is 23.8 Å². The van der Waals surface area contributed by atoms with E-state index in [1.807, 2.05) is 24.3 Å². The van der Waals surface area contributed by atoms with Crippen LogP contribution >= 0.6 is 15.9 Å². The van der Waals surface area contributed by atoms with Gasteiger partial charge in [0.05, 0.1) is 23.5 Å². The van der Waals surface area contributed by atoms with Crippen LogP contribution in [-0.4, -0.2) is 95.1 Å². The molecule has 2 amide bonds. The van der Waals surface area contributed by atoms with Gasteiger partial charge in [-0.1, -0.05) is 39.4 Å². The maximum Gasteiger partial charge on any atom is 0.310 e. The summed E-state index contributed by atoms with van der Waals surface area (Å²) < 4.78 is 7.95. The lowest BCUT2D eigenvalue weighted by atomic mass is 9.70. The van der Waals surface area contributed by atoms with Crippen LogP contribution in [0.15, 0.2) is 36.9 Å². The van der Waals surface area contributed by atoms with Crippen LogP contribution in [0.4, 0.5) is 0 Å². The largest absolute Gasteiger partial charge is 0.481 e. The average Bonchev–Trinajstić information content (AvgIpc) is 3.59. The number of para-hydroxylation sites is 1. The Kier molecular flexibility index (Phi) is 7.08. The molecule has 3 aliphatic rings. The number of carbonyl (C=O) groups is 3. The number of fused-ring (bicyclic) bond motifs is 2. The number of carbonyl (C=O) groups excluding carboxylic acids is 2. The molecule has 1 aromatic carbocycles. The molecule has 1 spiro atoms. The third-order valence-corrected chi connectivity index (χ3v) is 8.60. The van der Waals surface area contributed by atoms with E-state index in [9.17, 15) is 19.5 Å². The predicted octanol–water partition coefficient (Wildman–Crippen LogP) is 1.40. The van der Waals surface area contributed by atoms with E-state index in [-0.39, 0.29) is 43.0 Å². The molecule has 37 heavy (non-hydrogen) atoms. The fraction of sp³-hybridized carbons (Fsp3) is 0.560. The number of aliphatic carboxylic acids is 1. The van der Waals surface area contributed by atoms with Gasteiger partial charge in [-0.05, 0) is 37.8 Å². The Balaban J connectivity index is 1.51. The minimum Gasteiger partial charge on any atom is -0.481 e. The highest BCUT2D eigenvalue weighted by atomic mass is 79.9. The minimum absolute atomic E-state index is 0.0407. The summed E-state index contributed by atoms with van der Waals surface area (Å²) in [5, 5.41) is 27.6. The number of aliphatic hydroxyl groups excluding tert-OH is 1. The smallest absolute Gasteiger partial charge is 0.310 e. The molecule has 3 aliphatic heterocycles. The molecule has 2 bridgehead atoms. The maximum absolute atomic E-state index is 14.3. The number of hydrogen-bond donors (Lipinski definition) is 2. The number of aliphatic hydroxyl groups is 1. The van der Waals surface area contributed by atoms with Gasteiger partial charge >= 0.3 is 5.97 Å². The molecule has 5 rings (SSSR count). The SMILES string of the molecule is C=CCN(Cn1nnc2ccccc21)C(=O)C1N(CCCCCO)C(=O)[C@@H]2[C@H](C(=O)O)[C@H]3OC12CC3Br. The summed E-state index contributed by atoms with van der Waals surface area (Å²) in [5.41, 5.74) is 0.211. The maximum atomic E-state index is 14.3. The van der Waals surface area contributed by atoms with Crippen molar-refractivity contribution in [1.29, 1.82) is 0 Å². The Morgan fingerprint density at radius 2 is 2.08 bits per heavy atom. The van der Waals surface area contributed by atoms with E-state index in [0.717, 1.165) is 5.52 Å². The van der Waals surface area contributed by atoms with Gasteiger partial charge < -0.3 is 24.7 Å². The third kappa shape index (κ3) is 4.15. The first-order valence-electron chi connectivity index (χ1n) is 12.5. The summed E-state index contributed by atoms with van der Waals surface area (Å²) in [7, 11) is 0. The van der Waals surface area contributed by atoms with Gasteiger partial charge in [0.15, 0.2) is 0 Å². The molecule has 11 nitrogen and oxygen atoms in total. The second-order valence-corrected chi connectivity index (χ2v) is 11.1. The zero-order valence-electron chi connectivity index (χ0n) is 20.3. The molecule has 3 fully saturated rings. The number of nitrogens with zero attached hydrogens (tertiary/aromatic N) is 5. The number of benzene rings is 1. The van der Waals surface area contributed by atoms with Crippen molar-refractivity contribution in [1.82, 2.24) is 24.8 Å². The van der Waals surface area contributed by atoms with Gasteiger partial charge in [-0.2, -0.15) is 0 Å². The summed E-state index contributed by atoms with van der Waals surface area (Å²) in [6, 6.07) is 6.43. The highest BCUT2D eigenvalue weighted by Gasteiger charge is 2.76. The van der Waals surface area contributed by atoms with E-state index >= 15 is 0 Å². The topological polar surface area (TPSA) is 138 Å². The molecule has 3 saturated heterocycles. The van der Waals surface area contributed by atoms with E-state index in [0.29, 0.717) is 31.2 Å². The van der Waals surface area contributed by atoms with Crippen LogP contribution in [0, 0.1) is 11.8 Å². The fourth-order valence-electron chi connectivity index (χ4n) is 6.23. The van der Waals surface area contributed by atoms with Gasteiger partial charge in [0, 0.05) is 24.5 Å². The quantitative estimate of drug-likeness (QED) is 0.233. The van der Waals surface area contributed by atoms with E-state index in [2.05, 4.69) is 32.8 Å². The van der Waals surface area contributed by atoms with Crippen LogP contribution in [0.3, 0.4) is 0 Å². The molecule has 6 atom stereocenters. The van der Waals surface area contributed by atoms with Crippen molar-refractivity contribution in [3.8, 4) is 0 Å². The monoisotopic (exact) mass is 575 g/mol. The number of likely N-dealkylation sites (tertiary alicyclic amines) is 1. The molecule has 1 aromatic heterocycles. The number of rotatable bonds is 11. The molecule has 4 heterocycles. The number of ether oxygens (including phenoxy) is 1. The van der Waals surface area contributed by atoms with E-state index in [4.69, 9.17) is 9.84 Å². The Labute approximate surface area is 222 Å². The molecule has 12 heteroatoms. The van der Waals surface area contributed by atoms with Crippen molar-refractivity contribution in [3.05, 3.63) is 36.9 Å². The van der Waals surface area contributed by atoms with Crippen molar-refractivity contribution >= 4 is 44.7 Å². The number of alkyl halides is 1. The fourth-order valence-corrected chi connectivity index (χ4v) is 7.17. The summed E-state index contributed by atoms with van der Waals surface area (Å²) >= 11 is 3.56. The number of carboxylic acid groups (broad SMARTS) is 1. The van der Waals surface area contributed by atoms with Crippen LogP contribution in [0.5, 0.6) is 0 Å². The van der Waals surface area contributed by atoms with Crippen molar-refractivity contribution in [2.45, 2.75) is 54.9 Å². The number of hydrogen-bond acceptors (Lipinski definition) is 7. The molecular weight excluding hydrogens is 546 g/mol. The summed E-state index contributed by atoms with van der Waals surface area (Å²) in [4.78, 5) is 43.1. The first-order valence-corrected chi connectivity index (χ1v) is 13.4.